The third-order valence-corrected chi connectivity index (χ3v) is 11.2. The van der Waals surface area contributed by atoms with Crippen LogP contribution in [0.4, 0.5) is 0 Å². The van der Waals surface area contributed by atoms with Crippen molar-refractivity contribution in [3.8, 4) is 22.6 Å². The molecular weight excluding hydrogens is 588 g/mol. The number of likely N-dealkylation sites (N-methyl/N-ethyl adjacent to an activating group) is 1. The van der Waals surface area contributed by atoms with Crippen molar-refractivity contribution in [2.24, 2.45) is 41.2 Å². The molecule has 0 spiro atoms. The maximum Gasteiger partial charge on any atom is 0.235 e. The molecule has 10 nitrogen and oxygen atoms in total. The average molecular weight is 631 g/mol. The highest BCUT2D eigenvalue weighted by molar-refractivity contribution is 6.32. The lowest BCUT2D eigenvalue weighted by molar-refractivity contribution is -0.181. The fourth-order valence-electron chi connectivity index (χ4n) is 8.83. The van der Waals surface area contributed by atoms with Crippen LogP contribution in [-0.4, -0.2) is 77.0 Å². The second kappa shape index (κ2) is 11.7. The van der Waals surface area contributed by atoms with Crippen molar-refractivity contribution in [1.29, 1.82) is 0 Å². The smallest absolute Gasteiger partial charge is 0.235 e. The zero-order valence-electron chi connectivity index (χ0n) is 26.7. The number of ketones is 4. The number of aliphatic hydroxyl groups is 1. The summed E-state index contributed by atoms with van der Waals surface area (Å²) in [5.41, 5.74) is 5.88. The molecule has 4 N–H and O–H groups in total. The van der Waals surface area contributed by atoms with Crippen LogP contribution in [-0.2, 0) is 32.0 Å². The Morgan fingerprint density at radius 1 is 1.04 bits per heavy atom. The molecule has 0 aromatic heterocycles. The normalized spacial score (nSPS) is 32.5. The molecule has 46 heavy (non-hydrogen) atoms. The number of nitrogens with zero attached hydrogens (tertiary/aromatic N) is 1. The number of benzene rings is 2. The molecule has 6 rings (SSSR count). The van der Waals surface area contributed by atoms with Crippen LogP contribution in [0.15, 0.2) is 30.3 Å². The minimum atomic E-state index is -2.74. The van der Waals surface area contributed by atoms with Gasteiger partial charge in [-0.2, -0.15) is 0 Å². The molecule has 6 atom stereocenters. The molecule has 244 valence electrons. The summed E-state index contributed by atoms with van der Waals surface area (Å²) in [5, 5.41) is 22.8. The lowest BCUT2D eigenvalue weighted by atomic mass is 9.52. The van der Waals surface area contributed by atoms with Gasteiger partial charge in [0, 0.05) is 5.92 Å². The molecule has 2 aromatic rings. The van der Waals surface area contributed by atoms with Crippen molar-refractivity contribution >= 4 is 29.0 Å². The molecule has 0 bridgehead atoms. The zero-order valence-corrected chi connectivity index (χ0v) is 26.7. The lowest BCUT2D eigenvalue weighted by Gasteiger charge is -2.52. The van der Waals surface area contributed by atoms with E-state index in [0.29, 0.717) is 11.5 Å². The third-order valence-electron chi connectivity index (χ3n) is 11.2. The summed E-state index contributed by atoms with van der Waals surface area (Å²) in [6.45, 7) is 2.29. The topological polar surface area (TPSA) is 164 Å². The summed E-state index contributed by atoms with van der Waals surface area (Å²) in [7, 11) is 4.79. The highest BCUT2D eigenvalue weighted by Crippen LogP contribution is 2.52. The van der Waals surface area contributed by atoms with Crippen molar-refractivity contribution in [2.75, 3.05) is 21.2 Å². The fraction of sp³-hybridized carbons (Fsp3) is 0.528. The van der Waals surface area contributed by atoms with Gasteiger partial charge in [0.1, 0.15) is 11.5 Å². The van der Waals surface area contributed by atoms with Gasteiger partial charge in [0.25, 0.3) is 0 Å². The fourth-order valence-corrected chi connectivity index (χ4v) is 8.83. The second-order valence-corrected chi connectivity index (χ2v) is 14.1. The molecule has 3 fully saturated rings. The molecular formula is C36H42N2O8. The quantitative estimate of drug-likeness (QED) is 0.407. The summed E-state index contributed by atoms with van der Waals surface area (Å²) in [4.78, 5) is 68.8. The predicted octanol–water partition coefficient (Wildman–Crippen LogP) is 2.91. The number of ether oxygens (including phenoxy) is 1. The summed E-state index contributed by atoms with van der Waals surface area (Å²) >= 11 is 0. The van der Waals surface area contributed by atoms with Crippen molar-refractivity contribution in [3.05, 3.63) is 47.0 Å². The number of Topliss-reactive ketones (excluding diaryl/α,β-unsaturated/α-hetero) is 4. The van der Waals surface area contributed by atoms with Gasteiger partial charge in [-0.3, -0.25) is 28.9 Å². The standard InChI is InChI=1S/C36H42N2O8/c1-17-5-7-18(8-6-17)13-20-14-19(9-12-26(20)46-4)22-10-11-25(39)28-23(22)15-21-16-24-30(38(2)3)32(41)29(35(37)44)34(43)36(24,45)33(42)27(21)31(28)40/h9-12,14,17-18,21,24,27,29-30,39,45H,5-8,13,15-16H2,1-4H3,(H2,37,44)/t17?,18?,21-,24-,27?,29?,30-,36-/m0/s1. The van der Waals surface area contributed by atoms with Gasteiger partial charge >= 0.3 is 0 Å². The Morgan fingerprint density at radius 2 is 1.74 bits per heavy atom. The largest absolute Gasteiger partial charge is 0.507 e. The molecule has 3 saturated carbocycles. The number of amides is 1. The van der Waals surface area contributed by atoms with E-state index in [0.717, 1.165) is 47.6 Å². The number of phenols is 1. The number of aromatic hydroxyl groups is 1. The molecule has 0 radical (unpaired) electrons. The molecule has 0 saturated heterocycles. The molecule has 0 heterocycles. The molecule has 4 aliphatic rings. The summed E-state index contributed by atoms with van der Waals surface area (Å²) < 4.78 is 5.72. The van der Waals surface area contributed by atoms with E-state index in [-0.39, 0.29) is 24.2 Å². The van der Waals surface area contributed by atoms with Crippen LogP contribution >= 0.6 is 0 Å². The first-order valence-corrected chi connectivity index (χ1v) is 16.2. The molecule has 0 aliphatic heterocycles. The number of rotatable bonds is 6. The molecule has 10 heteroatoms. The number of carbonyl (C=O) groups is 5. The van der Waals surface area contributed by atoms with Crippen molar-refractivity contribution < 1.29 is 38.9 Å². The Hall–Kier alpha value is -3.89. The number of hydrogen-bond donors (Lipinski definition) is 3. The van der Waals surface area contributed by atoms with Crippen molar-refractivity contribution in [3.63, 3.8) is 0 Å². The number of phenolic OH excluding ortho intramolecular Hbond substituents is 1. The van der Waals surface area contributed by atoms with Gasteiger partial charge in [-0.1, -0.05) is 31.9 Å². The Labute approximate surface area is 268 Å². The van der Waals surface area contributed by atoms with E-state index in [1.165, 1.54) is 23.8 Å². The number of hydrogen-bond acceptors (Lipinski definition) is 9. The maximum atomic E-state index is 14.1. The molecule has 1 amide bonds. The van der Waals surface area contributed by atoms with E-state index >= 15 is 0 Å². The molecule has 2 unspecified atom stereocenters. The molecule has 2 aromatic carbocycles. The number of methoxy groups -OCH3 is 1. The first-order chi connectivity index (χ1) is 21.8. The Balaban J connectivity index is 1.41. The SMILES string of the molecule is COc1ccc(-c2ccc(O)c3c2C[C@H]2C[C@H]4[C@H](N(C)C)C(=O)C(C(N)=O)C(=O)[C@@]4(O)C(=O)C2C3=O)cc1CC1CCC(C)CC1. The van der Waals surface area contributed by atoms with E-state index in [4.69, 9.17) is 10.5 Å². The summed E-state index contributed by atoms with van der Waals surface area (Å²) in [5.74, 6) is -8.47. The van der Waals surface area contributed by atoms with Gasteiger partial charge in [0.05, 0.1) is 24.6 Å². The molecule has 4 aliphatic carbocycles. The van der Waals surface area contributed by atoms with E-state index < -0.39 is 64.4 Å². The van der Waals surface area contributed by atoms with Gasteiger partial charge in [-0.05, 0) is 104 Å². The highest BCUT2D eigenvalue weighted by Gasteiger charge is 2.69. The monoisotopic (exact) mass is 630 g/mol. The van der Waals surface area contributed by atoms with Crippen LogP contribution in [0.3, 0.4) is 0 Å². The predicted molar refractivity (Wildman–Crippen MR) is 168 cm³/mol. The average Bonchev–Trinajstić information content (AvgIpc) is 3.00. The Kier molecular flexibility index (Phi) is 8.17. The van der Waals surface area contributed by atoms with Crippen LogP contribution in [0.5, 0.6) is 11.5 Å². The van der Waals surface area contributed by atoms with E-state index in [2.05, 4.69) is 13.0 Å². The van der Waals surface area contributed by atoms with Crippen LogP contribution in [0.1, 0.15) is 60.5 Å². The third kappa shape index (κ3) is 4.88. The van der Waals surface area contributed by atoms with Gasteiger partial charge in [-0.25, -0.2) is 0 Å². The maximum absolute atomic E-state index is 14.1. The number of nitrogens with two attached hydrogens (primary N) is 1. The second-order valence-electron chi connectivity index (χ2n) is 14.1. The van der Waals surface area contributed by atoms with Crippen molar-refractivity contribution in [2.45, 2.75) is 63.5 Å². The summed E-state index contributed by atoms with van der Waals surface area (Å²) in [6, 6.07) is 7.98. The zero-order chi connectivity index (χ0) is 33.2. The summed E-state index contributed by atoms with van der Waals surface area (Å²) in [6.07, 6.45) is 5.79. The number of carbonyl (C=O) groups excluding carboxylic acids is 5. The van der Waals surface area contributed by atoms with Crippen LogP contribution in [0, 0.1) is 35.5 Å². The van der Waals surface area contributed by atoms with Crippen molar-refractivity contribution in [1.82, 2.24) is 4.90 Å². The minimum Gasteiger partial charge on any atom is -0.507 e. The number of fused-ring (bicyclic) bond motifs is 3. The minimum absolute atomic E-state index is 0.00690. The van der Waals surface area contributed by atoms with Gasteiger partial charge in [-0.15, -0.1) is 0 Å². The van der Waals surface area contributed by atoms with E-state index in [9.17, 15) is 34.2 Å². The van der Waals surface area contributed by atoms with E-state index in [1.54, 1.807) is 27.3 Å². The first kappa shape index (κ1) is 32.1. The Bertz CT molecular complexity index is 1640. The highest BCUT2D eigenvalue weighted by atomic mass is 16.5. The van der Waals surface area contributed by atoms with Crippen LogP contribution in [0.25, 0.3) is 11.1 Å². The first-order valence-electron chi connectivity index (χ1n) is 16.2. The van der Waals surface area contributed by atoms with E-state index in [1.807, 2.05) is 12.1 Å². The Morgan fingerprint density at radius 3 is 2.37 bits per heavy atom. The van der Waals surface area contributed by atoms with Crippen LogP contribution < -0.4 is 10.5 Å². The number of primary amides is 1. The van der Waals surface area contributed by atoms with Gasteiger partial charge in [0.2, 0.25) is 5.91 Å². The van der Waals surface area contributed by atoms with Gasteiger partial charge in [0.15, 0.2) is 34.7 Å². The van der Waals surface area contributed by atoms with Gasteiger partial charge < -0.3 is 20.7 Å². The van der Waals surface area contributed by atoms with Crippen LogP contribution in [0.2, 0.25) is 0 Å². The lowest BCUT2D eigenvalue weighted by Crippen LogP contribution is -2.74.